The Morgan fingerprint density at radius 2 is 1.84 bits per heavy atom. The van der Waals surface area contributed by atoms with E-state index >= 15 is 0 Å². The first kappa shape index (κ1) is 21.6. The molecule has 0 radical (unpaired) electrons. The Balaban J connectivity index is 2.59. The molecule has 5 unspecified atom stereocenters. The number of H-pyrrole nitrogens is 1. The molecule has 144 valence electrons. The van der Waals surface area contributed by atoms with Crippen LogP contribution in [0.2, 0.25) is 0 Å². The highest BCUT2D eigenvalue weighted by Crippen LogP contribution is 2.24. The van der Waals surface area contributed by atoms with Gasteiger partial charge in [-0.1, -0.05) is 46.0 Å². The van der Waals surface area contributed by atoms with Crippen LogP contribution < -0.4 is 5.73 Å². The van der Waals surface area contributed by atoms with Crippen molar-refractivity contribution < 1.29 is 25.2 Å². The van der Waals surface area contributed by atoms with Crippen LogP contribution in [0.25, 0.3) is 0 Å². The van der Waals surface area contributed by atoms with E-state index in [4.69, 9.17) is 10.8 Å². The lowest BCUT2D eigenvalue weighted by Crippen LogP contribution is -2.50. The average molecular weight is 357 g/mol. The number of aliphatic hydroxyl groups is 3. The molecule has 0 aliphatic rings. The molecule has 8 heteroatoms. The lowest BCUT2D eigenvalue weighted by atomic mass is 10.00. The fourth-order valence-electron chi connectivity index (χ4n) is 2.67. The van der Waals surface area contributed by atoms with E-state index in [2.05, 4.69) is 16.9 Å². The van der Waals surface area contributed by atoms with Gasteiger partial charge in [-0.05, 0) is 6.42 Å². The second kappa shape index (κ2) is 10.5. The molecule has 8 nitrogen and oxygen atoms in total. The van der Waals surface area contributed by atoms with Gasteiger partial charge in [0.25, 0.3) is 0 Å². The quantitative estimate of drug-likeness (QED) is 0.306. The highest BCUT2D eigenvalue weighted by molar-refractivity contribution is 5.74. The molecule has 1 rings (SSSR count). The van der Waals surface area contributed by atoms with Crippen molar-refractivity contribution in [1.29, 1.82) is 0 Å². The van der Waals surface area contributed by atoms with Crippen LogP contribution in [0.4, 0.5) is 0 Å². The van der Waals surface area contributed by atoms with Gasteiger partial charge in [0.05, 0.1) is 11.9 Å². The monoisotopic (exact) mass is 357 g/mol. The number of hydrogen-bond donors (Lipinski definition) is 6. The van der Waals surface area contributed by atoms with Crippen LogP contribution in [0.1, 0.15) is 75.9 Å². The third-order valence-corrected chi connectivity index (χ3v) is 4.47. The summed E-state index contributed by atoms with van der Waals surface area (Å²) in [6.45, 7) is 4.20. The van der Waals surface area contributed by atoms with Crippen LogP contribution in [-0.4, -0.2) is 54.6 Å². The van der Waals surface area contributed by atoms with Crippen LogP contribution in [-0.2, 0) is 4.79 Å². The number of rotatable bonds is 12. The van der Waals surface area contributed by atoms with E-state index in [0.717, 1.165) is 12.8 Å². The molecule has 0 aromatic carbocycles. The van der Waals surface area contributed by atoms with Gasteiger partial charge in [0.15, 0.2) is 0 Å². The van der Waals surface area contributed by atoms with E-state index in [1.807, 2.05) is 6.92 Å². The number of aliphatic hydroxyl groups excluding tert-OH is 3. The van der Waals surface area contributed by atoms with Crippen molar-refractivity contribution in [2.75, 3.05) is 0 Å². The van der Waals surface area contributed by atoms with Crippen LogP contribution in [0.15, 0.2) is 6.20 Å². The Morgan fingerprint density at radius 3 is 2.44 bits per heavy atom. The summed E-state index contributed by atoms with van der Waals surface area (Å²) in [7, 11) is 0. The van der Waals surface area contributed by atoms with E-state index < -0.39 is 30.3 Å². The largest absolute Gasteiger partial charge is 0.480 e. The molecule has 7 N–H and O–H groups in total. The number of nitrogens with zero attached hydrogens (tertiary/aromatic N) is 1. The topological polar surface area (TPSA) is 153 Å². The number of nitrogens with two attached hydrogens (primary N) is 1. The molecular weight excluding hydrogens is 326 g/mol. The molecule has 0 saturated heterocycles. The number of imidazole rings is 1. The molecule has 1 aromatic heterocycles. The normalized spacial score (nSPS) is 17.7. The molecule has 0 saturated carbocycles. The predicted octanol–water partition coefficient (Wildman–Crippen LogP) is 1.04. The summed E-state index contributed by atoms with van der Waals surface area (Å²) >= 11 is 0. The van der Waals surface area contributed by atoms with Gasteiger partial charge in [-0.25, -0.2) is 4.98 Å². The molecule has 1 heterocycles. The zero-order chi connectivity index (χ0) is 19.0. The van der Waals surface area contributed by atoms with Gasteiger partial charge >= 0.3 is 5.97 Å². The second-order valence-corrected chi connectivity index (χ2v) is 6.62. The third kappa shape index (κ3) is 6.39. The van der Waals surface area contributed by atoms with Crippen molar-refractivity contribution in [1.82, 2.24) is 9.97 Å². The highest BCUT2D eigenvalue weighted by Gasteiger charge is 2.34. The molecular formula is C17H31N3O5. The first-order valence-corrected chi connectivity index (χ1v) is 8.86. The summed E-state index contributed by atoms with van der Waals surface area (Å²) in [6.07, 6.45) is 3.24. The van der Waals surface area contributed by atoms with E-state index in [1.54, 1.807) is 0 Å². The van der Waals surface area contributed by atoms with Crippen molar-refractivity contribution in [3.63, 3.8) is 0 Å². The van der Waals surface area contributed by atoms with E-state index in [1.165, 1.54) is 31.9 Å². The first-order chi connectivity index (χ1) is 11.8. The summed E-state index contributed by atoms with van der Waals surface area (Å²) in [4.78, 5) is 17.9. The molecule has 5 atom stereocenters. The number of hydrogen-bond acceptors (Lipinski definition) is 6. The molecule has 0 aliphatic heterocycles. The Kier molecular flexibility index (Phi) is 9.05. The van der Waals surface area contributed by atoms with Gasteiger partial charge in [0, 0.05) is 5.92 Å². The van der Waals surface area contributed by atoms with Crippen LogP contribution in [0, 0.1) is 0 Å². The number of aromatic nitrogens is 2. The minimum absolute atomic E-state index is 0.172. The minimum atomic E-state index is -1.80. The van der Waals surface area contributed by atoms with Crippen molar-refractivity contribution >= 4 is 5.97 Å². The van der Waals surface area contributed by atoms with Crippen molar-refractivity contribution in [3.8, 4) is 0 Å². The van der Waals surface area contributed by atoms with E-state index in [9.17, 15) is 20.1 Å². The smallest absolute Gasteiger partial charge is 0.323 e. The van der Waals surface area contributed by atoms with Gasteiger partial charge < -0.3 is 31.1 Å². The molecule has 0 spiro atoms. The van der Waals surface area contributed by atoms with Crippen molar-refractivity contribution in [3.05, 3.63) is 17.7 Å². The van der Waals surface area contributed by atoms with Gasteiger partial charge in [0.2, 0.25) is 0 Å². The van der Waals surface area contributed by atoms with E-state index in [0.29, 0.717) is 5.82 Å². The summed E-state index contributed by atoms with van der Waals surface area (Å²) in [5, 5.41) is 38.6. The molecule has 0 bridgehead atoms. The number of carbonyl (C=O) groups is 1. The standard InChI is InChI=1S/C17H31N3O5/c1-3-4-5-6-7-8-10(2)16-19-9-11(20-16)13(21)15(23)14(22)12(18)17(24)25/h9-10,12-15,21-23H,3-8,18H2,1-2H3,(H,19,20)(H,24,25). The second-order valence-electron chi connectivity index (χ2n) is 6.62. The maximum Gasteiger partial charge on any atom is 0.323 e. The predicted molar refractivity (Wildman–Crippen MR) is 93.0 cm³/mol. The molecule has 0 aliphatic carbocycles. The Morgan fingerprint density at radius 1 is 1.20 bits per heavy atom. The number of nitrogens with one attached hydrogen (secondary N) is 1. The maximum atomic E-state index is 10.8. The first-order valence-electron chi connectivity index (χ1n) is 8.86. The van der Waals surface area contributed by atoms with Gasteiger partial charge in [-0.2, -0.15) is 0 Å². The molecule has 0 fully saturated rings. The minimum Gasteiger partial charge on any atom is -0.480 e. The summed E-state index contributed by atoms with van der Waals surface area (Å²) in [5.41, 5.74) is 5.49. The van der Waals surface area contributed by atoms with Gasteiger partial charge in [-0.15, -0.1) is 0 Å². The van der Waals surface area contributed by atoms with Gasteiger partial charge in [-0.3, -0.25) is 4.79 Å². The molecule has 1 aromatic rings. The number of carboxylic acid groups (broad SMARTS) is 1. The van der Waals surface area contributed by atoms with Crippen molar-refractivity contribution in [2.24, 2.45) is 5.73 Å². The maximum absolute atomic E-state index is 10.8. The zero-order valence-electron chi connectivity index (χ0n) is 14.9. The van der Waals surface area contributed by atoms with Crippen LogP contribution in [0.5, 0.6) is 0 Å². The van der Waals surface area contributed by atoms with Crippen LogP contribution in [0.3, 0.4) is 0 Å². The Hall–Kier alpha value is -1.48. The number of aromatic amines is 1. The Labute approximate surface area is 148 Å². The lowest BCUT2D eigenvalue weighted by Gasteiger charge is -2.24. The third-order valence-electron chi connectivity index (χ3n) is 4.47. The number of carboxylic acids is 1. The number of aliphatic carboxylic acids is 1. The molecule has 0 amide bonds. The average Bonchev–Trinajstić information content (AvgIpc) is 3.08. The Bertz CT molecular complexity index is 522. The zero-order valence-corrected chi connectivity index (χ0v) is 14.9. The summed E-state index contributed by atoms with van der Waals surface area (Å²) in [5.74, 6) is -0.597. The van der Waals surface area contributed by atoms with E-state index in [-0.39, 0.29) is 11.6 Å². The number of unbranched alkanes of at least 4 members (excludes halogenated alkanes) is 4. The molecule has 25 heavy (non-hydrogen) atoms. The highest BCUT2D eigenvalue weighted by atomic mass is 16.4. The SMILES string of the molecule is CCCCCCCC(C)c1ncc(C(O)C(O)C(O)C(N)C(=O)O)[nH]1. The fourth-order valence-corrected chi connectivity index (χ4v) is 2.67. The van der Waals surface area contributed by atoms with Crippen molar-refractivity contribution in [2.45, 2.75) is 82.6 Å². The van der Waals surface area contributed by atoms with Gasteiger partial charge in [0.1, 0.15) is 30.2 Å². The summed E-state index contributed by atoms with van der Waals surface area (Å²) < 4.78 is 0. The summed E-state index contributed by atoms with van der Waals surface area (Å²) in [6, 6.07) is -1.69. The fraction of sp³-hybridized carbons (Fsp3) is 0.765. The lowest BCUT2D eigenvalue weighted by molar-refractivity contribution is -0.146. The van der Waals surface area contributed by atoms with Crippen LogP contribution >= 0.6 is 0 Å².